The van der Waals surface area contributed by atoms with Gasteiger partial charge in [-0.3, -0.25) is 9.69 Å². The summed E-state index contributed by atoms with van der Waals surface area (Å²) in [5.41, 5.74) is 7.72. The van der Waals surface area contributed by atoms with Crippen molar-refractivity contribution in [2.45, 2.75) is 47.1 Å². The molecule has 4 aromatic carbocycles. The lowest BCUT2D eigenvalue weighted by atomic mass is 9.73. The van der Waals surface area contributed by atoms with Crippen molar-refractivity contribution in [2.24, 2.45) is 0 Å². The Bertz CT molecular complexity index is 1600. The van der Waals surface area contributed by atoms with Gasteiger partial charge in [-0.15, -0.1) is 0 Å². The van der Waals surface area contributed by atoms with Crippen molar-refractivity contribution in [1.29, 1.82) is 0 Å². The van der Waals surface area contributed by atoms with Crippen LogP contribution in [0, 0.1) is 13.8 Å². The third-order valence-electron chi connectivity index (χ3n) is 9.00. The molecule has 0 fully saturated rings. The van der Waals surface area contributed by atoms with Gasteiger partial charge >= 0.3 is 0 Å². The van der Waals surface area contributed by atoms with Crippen LogP contribution in [0.3, 0.4) is 0 Å². The molecule has 1 amide bonds. The molecule has 0 atom stereocenters. The molecule has 2 aliphatic heterocycles. The van der Waals surface area contributed by atoms with Crippen LogP contribution >= 0.6 is 0 Å². The fourth-order valence-corrected chi connectivity index (χ4v) is 6.98. The molecule has 6 rings (SSSR count). The van der Waals surface area contributed by atoms with Gasteiger partial charge in [-0.2, -0.15) is 0 Å². The van der Waals surface area contributed by atoms with Crippen LogP contribution in [0.1, 0.15) is 65.9 Å². The van der Waals surface area contributed by atoms with Gasteiger partial charge < -0.3 is 19.6 Å². The molecule has 4 aromatic rings. The summed E-state index contributed by atoms with van der Waals surface area (Å²) in [7, 11) is 0. The van der Waals surface area contributed by atoms with E-state index < -0.39 is 5.54 Å². The van der Waals surface area contributed by atoms with E-state index in [1.807, 2.05) is 35.2 Å². The first-order chi connectivity index (χ1) is 20.3. The fourth-order valence-electron chi connectivity index (χ4n) is 6.98. The van der Waals surface area contributed by atoms with Gasteiger partial charge in [-0.05, 0) is 95.1 Å². The monoisotopic (exact) mass is 561 g/mol. The number of fused-ring (bicyclic) bond motifs is 6. The maximum absolute atomic E-state index is 14.5. The minimum atomic E-state index is -0.966. The first-order valence-corrected chi connectivity index (χ1v) is 15.0. The van der Waals surface area contributed by atoms with Crippen LogP contribution in [0.2, 0.25) is 0 Å². The molecule has 216 valence electrons. The van der Waals surface area contributed by atoms with Crippen LogP contribution in [0.5, 0.6) is 17.2 Å². The SMILES string of the molecule is CCN(CC)c1cc2c(cc1C)C1(c3cc(C)c(N(CC)CC)cc3O2)c2ccccc2C(=O)N1c1ccc(O)cc1. The van der Waals surface area contributed by atoms with Gasteiger partial charge in [0.1, 0.15) is 22.8 Å². The minimum Gasteiger partial charge on any atom is -0.508 e. The smallest absolute Gasteiger partial charge is 0.260 e. The van der Waals surface area contributed by atoms with Crippen LogP contribution in [0.4, 0.5) is 17.1 Å². The summed E-state index contributed by atoms with van der Waals surface area (Å²) >= 11 is 0. The van der Waals surface area contributed by atoms with Crippen molar-refractivity contribution in [2.75, 3.05) is 40.9 Å². The zero-order chi connectivity index (χ0) is 29.8. The van der Waals surface area contributed by atoms with Gasteiger partial charge in [0.25, 0.3) is 5.91 Å². The lowest BCUT2D eigenvalue weighted by molar-refractivity contribution is 0.0985. The Kier molecular flexibility index (Phi) is 6.88. The molecule has 42 heavy (non-hydrogen) atoms. The summed E-state index contributed by atoms with van der Waals surface area (Å²) in [6.07, 6.45) is 0. The molecule has 0 unspecified atom stereocenters. The van der Waals surface area contributed by atoms with Gasteiger partial charge in [0.15, 0.2) is 0 Å². The van der Waals surface area contributed by atoms with E-state index in [9.17, 15) is 9.90 Å². The van der Waals surface area contributed by atoms with Crippen molar-refractivity contribution >= 4 is 23.0 Å². The number of phenolic OH excluding ortho intramolecular Hbond substituents is 1. The lowest BCUT2D eigenvalue weighted by Crippen LogP contribution is -2.48. The van der Waals surface area contributed by atoms with Crippen molar-refractivity contribution in [1.82, 2.24) is 0 Å². The second-order valence-corrected chi connectivity index (χ2v) is 11.1. The topological polar surface area (TPSA) is 56.2 Å². The summed E-state index contributed by atoms with van der Waals surface area (Å²) in [5, 5.41) is 10.2. The first kappa shape index (κ1) is 27.7. The number of phenols is 1. The number of carbonyl (C=O) groups is 1. The first-order valence-electron chi connectivity index (χ1n) is 15.0. The molecule has 0 saturated carbocycles. The van der Waals surface area contributed by atoms with E-state index in [4.69, 9.17) is 4.74 Å². The molecule has 6 heteroatoms. The number of anilines is 3. The highest BCUT2D eigenvalue weighted by Gasteiger charge is 2.57. The van der Waals surface area contributed by atoms with E-state index >= 15 is 0 Å². The number of ether oxygens (including phenoxy) is 1. The van der Waals surface area contributed by atoms with Gasteiger partial charge in [-0.1, -0.05) is 18.2 Å². The molecule has 2 heterocycles. The number of hydrogen-bond donors (Lipinski definition) is 1. The summed E-state index contributed by atoms with van der Waals surface area (Å²) in [6.45, 7) is 16.5. The Morgan fingerprint density at radius 2 is 1.21 bits per heavy atom. The average molecular weight is 562 g/mol. The Balaban J connectivity index is 1.75. The van der Waals surface area contributed by atoms with Crippen molar-refractivity contribution in [3.8, 4) is 17.2 Å². The molecule has 0 bridgehead atoms. The summed E-state index contributed by atoms with van der Waals surface area (Å²) in [6, 6.07) is 23.6. The number of amides is 1. The number of hydrogen-bond acceptors (Lipinski definition) is 5. The maximum atomic E-state index is 14.5. The third-order valence-corrected chi connectivity index (χ3v) is 9.00. The predicted octanol–water partition coefficient (Wildman–Crippen LogP) is 7.76. The van der Waals surface area contributed by atoms with E-state index in [1.54, 1.807) is 12.1 Å². The fraction of sp³-hybridized carbons (Fsp3) is 0.306. The quantitative estimate of drug-likeness (QED) is 0.250. The number of aryl methyl sites for hydroxylation is 2. The molecule has 2 aliphatic rings. The molecule has 1 N–H and O–H groups in total. The van der Waals surface area contributed by atoms with Crippen LogP contribution in [0.15, 0.2) is 72.8 Å². The predicted molar refractivity (Wildman–Crippen MR) is 171 cm³/mol. The summed E-state index contributed by atoms with van der Waals surface area (Å²) in [5.74, 6) is 1.57. The normalized spacial score (nSPS) is 14.3. The average Bonchev–Trinajstić information content (AvgIpc) is 3.25. The van der Waals surface area contributed by atoms with Crippen molar-refractivity contribution in [3.63, 3.8) is 0 Å². The standard InChI is InChI=1S/C36H39N3O3/c1-7-37(8-2)31-21-33-29(19-23(31)5)36(30-20-24(6)32(22-34(30)42-33)38(9-3)10-4)28-14-12-11-13-27(28)35(41)39(36)25-15-17-26(40)18-16-25/h11-22,40H,7-10H2,1-6H3. The highest BCUT2D eigenvalue weighted by Crippen LogP contribution is 2.60. The maximum Gasteiger partial charge on any atom is 0.260 e. The van der Waals surface area contributed by atoms with Crippen molar-refractivity contribution < 1.29 is 14.6 Å². The highest BCUT2D eigenvalue weighted by atomic mass is 16.5. The lowest BCUT2D eigenvalue weighted by Gasteiger charge is -2.45. The number of rotatable bonds is 7. The summed E-state index contributed by atoms with van der Waals surface area (Å²) in [4.78, 5) is 21.1. The Labute approximate surface area is 248 Å². The zero-order valence-electron chi connectivity index (χ0n) is 25.4. The van der Waals surface area contributed by atoms with E-state index in [0.29, 0.717) is 11.3 Å². The number of aromatic hydroxyl groups is 1. The third kappa shape index (κ3) is 3.88. The molecular weight excluding hydrogens is 522 g/mol. The van der Waals surface area contributed by atoms with Gasteiger partial charge in [-0.25, -0.2) is 0 Å². The number of benzene rings is 4. The van der Waals surface area contributed by atoms with Gasteiger partial charge in [0, 0.05) is 77.6 Å². The van der Waals surface area contributed by atoms with Crippen LogP contribution < -0.4 is 19.4 Å². The van der Waals surface area contributed by atoms with Crippen LogP contribution in [0.25, 0.3) is 0 Å². The summed E-state index contributed by atoms with van der Waals surface area (Å²) < 4.78 is 6.86. The molecule has 0 aliphatic carbocycles. The Morgan fingerprint density at radius 1 is 0.714 bits per heavy atom. The molecule has 0 saturated heterocycles. The van der Waals surface area contributed by atoms with Crippen molar-refractivity contribution in [3.05, 3.63) is 106 Å². The Morgan fingerprint density at radius 3 is 1.71 bits per heavy atom. The molecule has 6 nitrogen and oxygen atoms in total. The van der Waals surface area contributed by atoms with E-state index in [2.05, 4.69) is 81.7 Å². The highest BCUT2D eigenvalue weighted by molar-refractivity contribution is 6.14. The molecular formula is C36H39N3O3. The number of nitrogens with zero attached hydrogens (tertiary/aromatic N) is 3. The second kappa shape index (κ2) is 10.4. The van der Waals surface area contributed by atoms with Gasteiger partial charge in [0.2, 0.25) is 0 Å². The molecule has 0 aromatic heterocycles. The molecule has 0 radical (unpaired) electrons. The zero-order valence-corrected chi connectivity index (χ0v) is 25.4. The second-order valence-electron chi connectivity index (χ2n) is 11.1. The molecule has 1 spiro atoms. The van der Waals surface area contributed by atoms with E-state index in [0.717, 1.165) is 76.9 Å². The Hall–Kier alpha value is -4.45. The van der Waals surface area contributed by atoms with Crippen LogP contribution in [-0.2, 0) is 5.54 Å². The number of carbonyl (C=O) groups excluding carboxylic acids is 1. The van der Waals surface area contributed by atoms with E-state index in [1.165, 1.54) is 0 Å². The van der Waals surface area contributed by atoms with Crippen LogP contribution in [-0.4, -0.2) is 37.2 Å². The van der Waals surface area contributed by atoms with E-state index in [-0.39, 0.29) is 11.7 Å². The van der Waals surface area contributed by atoms with Gasteiger partial charge in [0.05, 0.1) is 0 Å². The minimum absolute atomic E-state index is 0.0777. The largest absolute Gasteiger partial charge is 0.508 e.